The molecule has 0 aliphatic rings. The van der Waals surface area contributed by atoms with E-state index in [1.165, 1.54) is 16.3 Å². The van der Waals surface area contributed by atoms with E-state index in [2.05, 4.69) is 48.6 Å². The maximum Gasteiger partial charge on any atom is 0.120 e. The number of hydrogen-bond donors (Lipinski definition) is 1. The molecule has 0 heterocycles. The second-order valence-electron chi connectivity index (χ2n) is 5.81. The van der Waals surface area contributed by atoms with Crippen molar-refractivity contribution >= 4 is 10.8 Å². The number of hydrogen-bond acceptors (Lipinski definition) is 3. The fraction of sp³-hybridized carbons (Fsp3) is 0.238. The van der Waals surface area contributed by atoms with Gasteiger partial charge in [0.15, 0.2) is 0 Å². The fourth-order valence-electron chi connectivity index (χ4n) is 2.73. The van der Waals surface area contributed by atoms with Gasteiger partial charge in [-0.2, -0.15) is 0 Å². The van der Waals surface area contributed by atoms with Gasteiger partial charge in [0.2, 0.25) is 0 Å². The van der Waals surface area contributed by atoms with Crippen LogP contribution in [0, 0.1) is 0 Å². The van der Waals surface area contributed by atoms with Crippen molar-refractivity contribution in [1.82, 2.24) is 5.32 Å². The second kappa shape index (κ2) is 7.84. The first-order chi connectivity index (χ1) is 11.8. The molecule has 0 spiro atoms. The zero-order chi connectivity index (χ0) is 16.8. The lowest BCUT2D eigenvalue weighted by molar-refractivity contribution is 0.308. The molecule has 1 atom stereocenters. The summed E-state index contributed by atoms with van der Waals surface area (Å²) in [6, 6.07) is 22.9. The Balaban J connectivity index is 1.50. The molecule has 0 saturated carbocycles. The monoisotopic (exact) mass is 321 g/mol. The van der Waals surface area contributed by atoms with E-state index in [-0.39, 0.29) is 6.04 Å². The summed E-state index contributed by atoms with van der Waals surface area (Å²) in [6.45, 7) is 3.56. The summed E-state index contributed by atoms with van der Waals surface area (Å²) < 4.78 is 11.1. The third kappa shape index (κ3) is 4.06. The number of benzene rings is 3. The summed E-state index contributed by atoms with van der Waals surface area (Å²) >= 11 is 0. The van der Waals surface area contributed by atoms with Crippen LogP contribution in [0.25, 0.3) is 10.8 Å². The highest BCUT2D eigenvalue weighted by Gasteiger charge is 2.05. The fourth-order valence-corrected chi connectivity index (χ4v) is 2.73. The molecule has 0 aliphatic carbocycles. The minimum Gasteiger partial charge on any atom is -0.497 e. The van der Waals surface area contributed by atoms with Crippen LogP contribution in [0.3, 0.4) is 0 Å². The molecule has 0 fully saturated rings. The molecule has 0 saturated heterocycles. The largest absolute Gasteiger partial charge is 0.497 e. The van der Waals surface area contributed by atoms with Crippen molar-refractivity contribution in [2.45, 2.75) is 13.0 Å². The number of nitrogens with one attached hydrogen (secondary N) is 1. The highest BCUT2D eigenvalue weighted by atomic mass is 16.5. The smallest absolute Gasteiger partial charge is 0.120 e. The maximum atomic E-state index is 5.86. The van der Waals surface area contributed by atoms with Crippen molar-refractivity contribution in [2.24, 2.45) is 0 Å². The SMILES string of the molecule is COc1cccc([C@@H](C)NCCOc2ccc3ccccc3c2)c1. The summed E-state index contributed by atoms with van der Waals surface area (Å²) in [7, 11) is 1.69. The molecule has 1 N–H and O–H groups in total. The quantitative estimate of drug-likeness (QED) is 0.646. The van der Waals surface area contributed by atoms with E-state index in [1.807, 2.05) is 30.3 Å². The molecule has 0 unspecified atom stereocenters. The van der Waals surface area contributed by atoms with Gasteiger partial charge in [-0.25, -0.2) is 0 Å². The third-order valence-corrected chi connectivity index (χ3v) is 4.14. The molecule has 3 nitrogen and oxygen atoms in total. The molecule has 24 heavy (non-hydrogen) atoms. The predicted octanol–water partition coefficient (Wildman–Crippen LogP) is 4.58. The average molecular weight is 321 g/mol. The van der Waals surface area contributed by atoms with E-state index in [0.717, 1.165) is 18.0 Å². The standard InChI is InChI=1S/C21H23NO2/c1-16(18-8-5-9-20(14-18)23-2)22-12-13-24-21-11-10-17-6-3-4-7-19(17)15-21/h3-11,14-16,22H,12-13H2,1-2H3/t16-/m1/s1. The molecule has 3 aromatic rings. The normalized spacial score (nSPS) is 12.1. The number of rotatable bonds is 7. The molecular weight excluding hydrogens is 298 g/mol. The van der Waals surface area contributed by atoms with Crippen molar-refractivity contribution in [3.05, 3.63) is 72.3 Å². The number of ether oxygens (including phenoxy) is 2. The van der Waals surface area contributed by atoms with Crippen LogP contribution in [0.5, 0.6) is 11.5 Å². The highest BCUT2D eigenvalue weighted by molar-refractivity contribution is 5.83. The van der Waals surface area contributed by atoms with Crippen molar-refractivity contribution in [3.63, 3.8) is 0 Å². The van der Waals surface area contributed by atoms with Crippen LogP contribution in [0.2, 0.25) is 0 Å². The van der Waals surface area contributed by atoms with E-state index in [1.54, 1.807) is 7.11 Å². The van der Waals surface area contributed by atoms with Gasteiger partial charge in [0.05, 0.1) is 7.11 Å². The van der Waals surface area contributed by atoms with Crippen molar-refractivity contribution in [3.8, 4) is 11.5 Å². The van der Waals surface area contributed by atoms with Crippen molar-refractivity contribution < 1.29 is 9.47 Å². The zero-order valence-corrected chi connectivity index (χ0v) is 14.2. The van der Waals surface area contributed by atoms with E-state index in [4.69, 9.17) is 9.47 Å². The summed E-state index contributed by atoms with van der Waals surface area (Å²) in [5, 5.41) is 5.91. The molecule has 0 radical (unpaired) electrons. The lowest BCUT2D eigenvalue weighted by atomic mass is 10.1. The summed E-state index contributed by atoms with van der Waals surface area (Å²) in [6.07, 6.45) is 0. The molecule has 0 aromatic heterocycles. The lowest BCUT2D eigenvalue weighted by Crippen LogP contribution is -2.24. The van der Waals surface area contributed by atoms with Gasteiger partial charge in [-0.1, -0.05) is 42.5 Å². The summed E-state index contributed by atoms with van der Waals surface area (Å²) in [4.78, 5) is 0. The first-order valence-corrected chi connectivity index (χ1v) is 8.25. The Labute approximate surface area is 143 Å². The second-order valence-corrected chi connectivity index (χ2v) is 5.81. The lowest BCUT2D eigenvalue weighted by Gasteiger charge is -2.15. The Morgan fingerprint density at radius 2 is 1.71 bits per heavy atom. The molecule has 3 heteroatoms. The van der Waals surface area contributed by atoms with Gasteiger partial charge in [-0.05, 0) is 47.5 Å². The Hall–Kier alpha value is -2.52. The Kier molecular flexibility index (Phi) is 5.34. The Bertz CT molecular complexity index is 800. The van der Waals surface area contributed by atoms with E-state index in [9.17, 15) is 0 Å². The van der Waals surface area contributed by atoms with Gasteiger partial charge in [0.25, 0.3) is 0 Å². The predicted molar refractivity (Wildman–Crippen MR) is 98.9 cm³/mol. The van der Waals surface area contributed by atoms with Crippen LogP contribution in [-0.4, -0.2) is 20.3 Å². The van der Waals surface area contributed by atoms with E-state index in [0.29, 0.717) is 6.61 Å². The summed E-state index contributed by atoms with van der Waals surface area (Å²) in [5.41, 5.74) is 1.21. The molecule has 0 amide bonds. The van der Waals surface area contributed by atoms with Crippen LogP contribution in [0.1, 0.15) is 18.5 Å². The molecule has 3 rings (SSSR count). The van der Waals surface area contributed by atoms with Crippen molar-refractivity contribution in [1.29, 1.82) is 0 Å². The minimum absolute atomic E-state index is 0.250. The molecular formula is C21H23NO2. The topological polar surface area (TPSA) is 30.5 Å². The van der Waals surface area contributed by atoms with Crippen LogP contribution in [0.4, 0.5) is 0 Å². The first-order valence-electron chi connectivity index (χ1n) is 8.25. The zero-order valence-electron chi connectivity index (χ0n) is 14.2. The van der Waals surface area contributed by atoms with Crippen LogP contribution < -0.4 is 14.8 Å². The molecule has 0 aliphatic heterocycles. The first kappa shape index (κ1) is 16.3. The summed E-state index contributed by atoms with van der Waals surface area (Å²) in [5.74, 6) is 1.79. The van der Waals surface area contributed by atoms with E-state index >= 15 is 0 Å². The number of fused-ring (bicyclic) bond motifs is 1. The molecule has 3 aromatic carbocycles. The van der Waals surface area contributed by atoms with Gasteiger partial charge in [-0.15, -0.1) is 0 Å². The highest BCUT2D eigenvalue weighted by Crippen LogP contribution is 2.21. The Morgan fingerprint density at radius 3 is 2.54 bits per heavy atom. The van der Waals surface area contributed by atoms with Crippen LogP contribution >= 0.6 is 0 Å². The maximum absolute atomic E-state index is 5.86. The van der Waals surface area contributed by atoms with Gasteiger partial charge in [0.1, 0.15) is 18.1 Å². The van der Waals surface area contributed by atoms with Gasteiger partial charge in [0, 0.05) is 12.6 Å². The van der Waals surface area contributed by atoms with Gasteiger partial charge < -0.3 is 14.8 Å². The Morgan fingerprint density at radius 1 is 0.875 bits per heavy atom. The van der Waals surface area contributed by atoms with Crippen molar-refractivity contribution in [2.75, 3.05) is 20.3 Å². The van der Waals surface area contributed by atoms with Gasteiger partial charge in [-0.3, -0.25) is 0 Å². The van der Waals surface area contributed by atoms with Gasteiger partial charge >= 0.3 is 0 Å². The number of methoxy groups -OCH3 is 1. The minimum atomic E-state index is 0.250. The molecule has 124 valence electrons. The van der Waals surface area contributed by atoms with E-state index < -0.39 is 0 Å². The van der Waals surface area contributed by atoms with Crippen LogP contribution in [0.15, 0.2) is 66.7 Å². The molecule has 0 bridgehead atoms. The van der Waals surface area contributed by atoms with Crippen LogP contribution in [-0.2, 0) is 0 Å². The average Bonchev–Trinajstić information content (AvgIpc) is 2.65. The third-order valence-electron chi connectivity index (χ3n) is 4.14.